The number of hydrogen-bond donors (Lipinski definition) is 0. The molecule has 106 valence electrons. The first kappa shape index (κ1) is 14.1. The van der Waals surface area contributed by atoms with Crippen molar-refractivity contribution in [3.8, 4) is 6.07 Å². The molecule has 2 aromatic rings. The number of aryl methyl sites for hydroxylation is 1. The highest BCUT2D eigenvalue weighted by atomic mass is 35.5. The van der Waals surface area contributed by atoms with E-state index in [0.717, 1.165) is 24.8 Å². The van der Waals surface area contributed by atoms with Gasteiger partial charge in [0.15, 0.2) is 0 Å². The molecule has 0 aliphatic heterocycles. The lowest BCUT2D eigenvalue weighted by Gasteiger charge is -2.33. The predicted molar refractivity (Wildman–Crippen MR) is 81.8 cm³/mol. The van der Waals surface area contributed by atoms with Crippen molar-refractivity contribution in [2.24, 2.45) is 0 Å². The summed E-state index contributed by atoms with van der Waals surface area (Å²) in [4.78, 5) is 0. The second kappa shape index (κ2) is 5.50. The fraction of sp³-hybridized carbons (Fsp3) is 0.278. The zero-order chi connectivity index (χ0) is 14.9. The van der Waals surface area contributed by atoms with Crippen LogP contribution in [0.5, 0.6) is 0 Å². The van der Waals surface area contributed by atoms with Crippen molar-refractivity contribution in [2.75, 3.05) is 0 Å². The minimum atomic E-state index is -0.605. The van der Waals surface area contributed by atoms with Gasteiger partial charge in [-0.15, -0.1) is 0 Å². The number of nitrogens with zero attached hydrogens (tertiary/aromatic N) is 1. The number of fused-ring (bicyclic) bond motifs is 1. The standard InChI is InChI=1S/C18H15ClFN/c19-17-14(6-3-9-16(17)20)11-18(12-21)10-4-7-13-5-1-2-8-15(13)18/h1-3,5-6,8-9H,4,7,10-11H2. The largest absolute Gasteiger partial charge is 0.205 e. The van der Waals surface area contributed by atoms with E-state index in [0.29, 0.717) is 12.0 Å². The molecule has 1 aliphatic rings. The molecule has 1 unspecified atom stereocenters. The molecule has 3 heteroatoms. The molecular formula is C18H15ClFN. The molecule has 0 amide bonds. The van der Waals surface area contributed by atoms with E-state index in [4.69, 9.17) is 11.6 Å². The fourth-order valence-corrected chi connectivity index (χ4v) is 3.46. The van der Waals surface area contributed by atoms with Crippen molar-refractivity contribution in [1.82, 2.24) is 0 Å². The molecule has 0 saturated heterocycles. The van der Waals surface area contributed by atoms with E-state index in [9.17, 15) is 9.65 Å². The lowest BCUT2D eigenvalue weighted by molar-refractivity contribution is 0.449. The van der Waals surface area contributed by atoms with Crippen LogP contribution >= 0.6 is 11.6 Å². The van der Waals surface area contributed by atoms with E-state index in [1.807, 2.05) is 24.3 Å². The Morgan fingerprint density at radius 3 is 2.81 bits per heavy atom. The van der Waals surface area contributed by atoms with Gasteiger partial charge in [0, 0.05) is 0 Å². The highest BCUT2D eigenvalue weighted by molar-refractivity contribution is 6.31. The first-order valence-corrected chi connectivity index (χ1v) is 7.47. The number of halogens is 2. The SMILES string of the molecule is N#CC1(Cc2cccc(F)c2Cl)CCCc2ccccc21. The molecule has 0 bridgehead atoms. The fourth-order valence-electron chi connectivity index (χ4n) is 3.27. The Hall–Kier alpha value is -1.85. The summed E-state index contributed by atoms with van der Waals surface area (Å²) >= 11 is 6.07. The molecule has 0 saturated carbocycles. The summed E-state index contributed by atoms with van der Waals surface area (Å²) in [5, 5.41) is 9.96. The summed E-state index contributed by atoms with van der Waals surface area (Å²) < 4.78 is 13.6. The van der Waals surface area contributed by atoms with Crippen molar-refractivity contribution >= 4 is 11.6 Å². The van der Waals surface area contributed by atoms with Gasteiger partial charge in [0.05, 0.1) is 16.5 Å². The number of nitriles is 1. The van der Waals surface area contributed by atoms with Crippen LogP contribution in [0.25, 0.3) is 0 Å². The Morgan fingerprint density at radius 2 is 2.00 bits per heavy atom. The third kappa shape index (κ3) is 2.43. The van der Waals surface area contributed by atoms with Gasteiger partial charge in [-0.05, 0) is 48.4 Å². The summed E-state index contributed by atoms with van der Waals surface area (Å²) in [5.74, 6) is -0.425. The molecule has 1 nitrogen and oxygen atoms in total. The molecule has 1 aliphatic carbocycles. The molecule has 21 heavy (non-hydrogen) atoms. The summed E-state index contributed by atoms with van der Waals surface area (Å²) in [6.45, 7) is 0. The van der Waals surface area contributed by atoms with E-state index in [2.05, 4.69) is 12.1 Å². The number of rotatable bonds is 2. The zero-order valence-electron chi connectivity index (χ0n) is 11.6. The number of benzene rings is 2. The van der Waals surface area contributed by atoms with Crippen molar-refractivity contribution < 1.29 is 4.39 Å². The third-order valence-corrected chi connectivity index (χ3v) is 4.74. The lowest BCUT2D eigenvalue weighted by Crippen LogP contribution is -2.32. The minimum Gasteiger partial charge on any atom is -0.205 e. The maximum Gasteiger partial charge on any atom is 0.142 e. The molecule has 0 heterocycles. The van der Waals surface area contributed by atoms with Gasteiger partial charge in [0.25, 0.3) is 0 Å². The van der Waals surface area contributed by atoms with Crippen LogP contribution in [0, 0.1) is 17.1 Å². The van der Waals surface area contributed by atoms with Gasteiger partial charge in [-0.2, -0.15) is 5.26 Å². The molecule has 0 aromatic heterocycles. The van der Waals surface area contributed by atoms with Gasteiger partial charge in [0.1, 0.15) is 5.82 Å². The Morgan fingerprint density at radius 1 is 1.19 bits per heavy atom. The van der Waals surface area contributed by atoms with Gasteiger partial charge < -0.3 is 0 Å². The van der Waals surface area contributed by atoms with Crippen molar-refractivity contribution in [2.45, 2.75) is 31.1 Å². The molecule has 2 aromatic carbocycles. The Kier molecular flexibility index (Phi) is 3.69. The van der Waals surface area contributed by atoms with Crippen LogP contribution in [0.15, 0.2) is 42.5 Å². The Labute approximate surface area is 129 Å². The second-order valence-electron chi connectivity index (χ2n) is 5.59. The summed E-state index contributed by atoms with van der Waals surface area (Å²) in [7, 11) is 0. The van der Waals surface area contributed by atoms with Gasteiger partial charge >= 0.3 is 0 Å². The van der Waals surface area contributed by atoms with Gasteiger partial charge in [-0.3, -0.25) is 0 Å². The lowest BCUT2D eigenvalue weighted by atomic mass is 9.68. The van der Waals surface area contributed by atoms with Crippen molar-refractivity contribution in [3.63, 3.8) is 0 Å². The summed E-state index contributed by atoms with van der Waals surface area (Å²) in [6, 6.07) is 15.4. The molecule has 3 rings (SSSR count). The predicted octanol–water partition coefficient (Wildman–Crippen LogP) is 4.82. The van der Waals surface area contributed by atoms with E-state index in [-0.39, 0.29) is 5.02 Å². The highest BCUT2D eigenvalue weighted by Gasteiger charge is 2.37. The van der Waals surface area contributed by atoms with E-state index in [1.165, 1.54) is 11.6 Å². The first-order valence-electron chi connectivity index (χ1n) is 7.09. The Balaban J connectivity index is 2.07. The van der Waals surface area contributed by atoms with Crippen LogP contribution in [0.1, 0.15) is 29.5 Å². The maximum atomic E-state index is 13.6. The van der Waals surface area contributed by atoms with Crippen LogP contribution in [0.4, 0.5) is 4.39 Å². The Bertz CT molecular complexity index is 719. The molecule has 0 fully saturated rings. The van der Waals surface area contributed by atoms with Crippen LogP contribution < -0.4 is 0 Å². The molecule has 1 atom stereocenters. The first-order chi connectivity index (χ1) is 10.2. The summed E-state index contributed by atoms with van der Waals surface area (Å²) in [5.41, 5.74) is 2.39. The topological polar surface area (TPSA) is 23.8 Å². The minimum absolute atomic E-state index is 0.134. The van der Waals surface area contributed by atoms with E-state index in [1.54, 1.807) is 6.07 Å². The van der Waals surface area contributed by atoms with Gasteiger partial charge in [-0.25, -0.2) is 4.39 Å². The van der Waals surface area contributed by atoms with Gasteiger partial charge in [-0.1, -0.05) is 48.0 Å². The van der Waals surface area contributed by atoms with Crippen LogP contribution in [0.3, 0.4) is 0 Å². The van der Waals surface area contributed by atoms with Crippen molar-refractivity contribution in [3.05, 3.63) is 70.0 Å². The monoisotopic (exact) mass is 299 g/mol. The average Bonchev–Trinajstić information content (AvgIpc) is 2.52. The van der Waals surface area contributed by atoms with Crippen LogP contribution in [0.2, 0.25) is 5.02 Å². The van der Waals surface area contributed by atoms with E-state index < -0.39 is 11.2 Å². The molecular weight excluding hydrogens is 285 g/mol. The average molecular weight is 300 g/mol. The van der Waals surface area contributed by atoms with Crippen LogP contribution in [-0.2, 0) is 18.3 Å². The molecule has 0 N–H and O–H groups in total. The maximum absolute atomic E-state index is 13.6. The quantitative estimate of drug-likeness (QED) is 0.780. The van der Waals surface area contributed by atoms with Crippen LogP contribution in [-0.4, -0.2) is 0 Å². The molecule has 0 spiro atoms. The smallest absolute Gasteiger partial charge is 0.142 e. The zero-order valence-corrected chi connectivity index (χ0v) is 12.3. The second-order valence-corrected chi connectivity index (χ2v) is 5.97. The third-order valence-electron chi connectivity index (χ3n) is 4.32. The van der Waals surface area contributed by atoms with Gasteiger partial charge in [0.2, 0.25) is 0 Å². The highest BCUT2D eigenvalue weighted by Crippen LogP contribution is 2.40. The number of hydrogen-bond acceptors (Lipinski definition) is 1. The van der Waals surface area contributed by atoms with E-state index >= 15 is 0 Å². The summed E-state index contributed by atoms with van der Waals surface area (Å²) in [6.07, 6.45) is 3.21. The normalized spacial score (nSPS) is 20.6. The molecule has 0 radical (unpaired) electrons. The van der Waals surface area contributed by atoms with Crippen molar-refractivity contribution in [1.29, 1.82) is 5.26 Å².